The summed E-state index contributed by atoms with van der Waals surface area (Å²) in [6.07, 6.45) is 6.58. The van der Waals surface area contributed by atoms with Crippen molar-refractivity contribution in [2.24, 2.45) is 10.9 Å². The quantitative estimate of drug-likeness (QED) is 0.227. The molecule has 0 aromatic carbocycles. The van der Waals surface area contributed by atoms with Crippen LogP contribution in [-0.2, 0) is 9.47 Å². The Labute approximate surface area is 192 Å². The van der Waals surface area contributed by atoms with Crippen molar-refractivity contribution in [1.29, 1.82) is 0 Å². The normalized spacial score (nSPS) is 25.7. The third kappa shape index (κ3) is 6.62. The van der Waals surface area contributed by atoms with E-state index in [1.807, 2.05) is 7.05 Å². The van der Waals surface area contributed by atoms with Crippen LogP contribution in [0.2, 0.25) is 0 Å². The summed E-state index contributed by atoms with van der Waals surface area (Å²) in [5, 5.41) is 3.76. The molecule has 3 rings (SSSR count). The van der Waals surface area contributed by atoms with E-state index in [9.17, 15) is 0 Å². The summed E-state index contributed by atoms with van der Waals surface area (Å²) in [4.78, 5) is 9.79. The number of nitrogens with one attached hydrogen (secondary N) is 1. The Morgan fingerprint density at radius 1 is 1.18 bits per heavy atom. The second-order valence-electron chi connectivity index (χ2n) is 8.10. The van der Waals surface area contributed by atoms with Crippen molar-refractivity contribution in [1.82, 2.24) is 15.1 Å². The van der Waals surface area contributed by atoms with Crippen LogP contribution in [0.25, 0.3) is 0 Å². The highest BCUT2D eigenvalue weighted by molar-refractivity contribution is 14.0. The lowest BCUT2D eigenvalue weighted by Crippen LogP contribution is -2.57. The summed E-state index contributed by atoms with van der Waals surface area (Å²) in [5.41, 5.74) is 0.347. The number of hydrogen-bond donors (Lipinski definition) is 1. The summed E-state index contributed by atoms with van der Waals surface area (Å²) in [6, 6.07) is 0. The van der Waals surface area contributed by atoms with Gasteiger partial charge >= 0.3 is 0 Å². The Morgan fingerprint density at radius 2 is 1.93 bits per heavy atom. The van der Waals surface area contributed by atoms with E-state index < -0.39 is 0 Å². The topological polar surface area (TPSA) is 49.3 Å². The molecule has 0 radical (unpaired) electrons. The van der Waals surface area contributed by atoms with Gasteiger partial charge in [-0.1, -0.05) is 12.8 Å². The molecule has 8 heteroatoms. The van der Waals surface area contributed by atoms with Gasteiger partial charge in [0.1, 0.15) is 0 Å². The van der Waals surface area contributed by atoms with E-state index in [1.165, 1.54) is 56.7 Å². The monoisotopic (exact) mass is 526 g/mol. The van der Waals surface area contributed by atoms with Crippen molar-refractivity contribution in [3.05, 3.63) is 0 Å². The fourth-order valence-corrected chi connectivity index (χ4v) is 5.71. The summed E-state index contributed by atoms with van der Waals surface area (Å²) in [7, 11) is 3.64. The van der Waals surface area contributed by atoms with Crippen LogP contribution in [0, 0.1) is 5.92 Å². The molecular formula is C20H39IN4O2S. The molecule has 3 fully saturated rings. The van der Waals surface area contributed by atoms with E-state index in [0.717, 1.165) is 32.2 Å². The van der Waals surface area contributed by atoms with Crippen LogP contribution in [0.1, 0.15) is 32.1 Å². The molecule has 164 valence electrons. The molecule has 1 aliphatic carbocycles. The zero-order valence-electron chi connectivity index (χ0n) is 17.7. The standard InChI is InChI=1S/C20H38N4O2S.HI/c1-21-19(23-8-5-18(15-23)16-26-12-11-25-2)22-17-20(6-3-4-7-20)24-9-13-27-14-10-24;/h18H,3-17H2,1-2H3,(H,21,22);1H. The maximum absolute atomic E-state index is 5.74. The van der Waals surface area contributed by atoms with Gasteiger partial charge in [0, 0.05) is 69.8 Å². The Morgan fingerprint density at radius 3 is 2.61 bits per heavy atom. The summed E-state index contributed by atoms with van der Waals surface area (Å²) in [5.74, 6) is 4.24. The number of ether oxygens (including phenoxy) is 2. The third-order valence-corrected chi connectivity index (χ3v) is 7.32. The maximum atomic E-state index is 5.74. The second kappa shape index (κ2) is 12.8. The van der Waals surface area contributed by atoms with Gasteiger partial charge in [0.05, 0.1) is 19.8 Å². The lowest BCUT2D eigenvalue weighted by atomic mass is 9.94. The first-order chi connectivity index (χ1) is 13.3. The first kappa shape index (κ1) is 24.5. The number of rotatable bonds is 8. The summed E-state index contributed by atoms with van der Waals surface area (Å²) < 4.78 is 10.8. The number of methoxy groups -OCH3 is 1. The lowest BCUT2D eigenvalue weighted by molar-refractivity contribution is 0.0536. The molecule has 1 atom stereocenters. The molecule has 0 amide bonds. The fraction of sp³-hybridized carbons (Fsp3) is 0.950. The number of thioether (sulfide) groups is 1. The van der Waals surface area contributed by atoms with Crippen LogP contribution >= 0.6 is 35.7 Å². The van der Waals surface area contributed by atoms with Crippen molar-refractivity contribution >= 4 is 41.7 Å². The molecule has 2 heterocycles. The van der Waals surface area contributed by atoms with Gasteiger partial charge in [-0.2, -0.15) is 11.8 Å². The van der Waals surface area contributed by atoms with Gasteiger partial charge < -0.3 is 19.7 Å². The lowest BCUT2D eigenvalue weighted by Gasteiger charge is -2.44. The molecule has 28 heavy (non-hydrogen) atoms. The van der Waals surface area contributed by atoms with Crippen molar-refractivity contribution in [3.63, 3.8) is 0 Å². The number of guanidine groups is 1. The number of likely N-dealkylation sites (tertiary alicyclic amines) is 1. The number of halogens is 1. The van der Waals surface area contributed by atoms with E-state index in [4.69, 9.17) is 9.47 Å². The Bertz CT molecular complexity index is 471. The molecule has 1 unspecified atom stereocenters. The van der Waals surface area contributed by atoms with Crippen LogP contribution in [0.4, 0.5) is 0 Å². The van der Waals surface area contributed by atoms with Crippen molar-refractivity contribution in [2.75, 3.05) is 78.2 Å². The van der Waals surface area contributed by atoms with E-state index in [2.05, 4.69) is 31.9 Å². The Kier molecular flexibility index (Phi) is 11.2. The predicted molar refractivity (Wildman–Crippen MR) is 129 cm³/mol. The van der Waals surface area contributed by atoms with E-state index in [0.29, 0.717) is 24.7 Å². The van der Waals surface area contributed by atoms with E-state index >= 15 is 0 Å². The van der Waals surface area contributed by atoms with Crippen LogP contribution in [0.5, 0.6) is 0 Å². The van der Waals surface area contributed by atoms with Gasteiger partial charge in [0.15, 0.2) is 5.96 Å². The zero-order chi connectivity index (χ0) is 19.0. The molecule has 2 aliphatic heterocycles. The highest BCUT2D eigenvalue weighted by Crippen LogP contribution is 2.36. The van der Waals surface area contributed by atoms with Crippen molar-refractivity contribution < 1.29 is 9.47 Å². The zero-order valence-corrected chi connectivity index (χ0v) is 20.8. The molecule has 1 N–H and O–H groups in total. The maximum Gasteiger partial charge on any atom is 0.193 e. The van der Waals surface area contributed by atoms with Gasteiger partial charge in [0.2, 0.25) is 0 Å². The minimum absolute atomic E-state index is 0. The first-order valence-electron chi connectivity index (χ1n) is 10.6. The SMILES string of the molecule is CN=C(NCC1(N2CCSCC2)CCCC1)N1CCC(COCCOC)C1.I. The van der Waals surface area contributed by atoms with Gasteiger partial charge in [-0.3, -0.25) is 9.89 Å². The average Bonchev–Trinajstić information content (AvgIpc) is 3.37. The number of nitrogens with zero attached hydrogens (tertiary/aromatic N) is 3. The fourth-order valence-electron chi connectivity index (χ4n) is 4.80. The molecule has 0 aromatic rings. The molecule has 3 aliphatic rings. The molecule has 1 saturated carbocycles. The minimum atomic E-state index is 0. The molecular weight excluding hydrogens is 487 g/mol. The molecule has 2 saturated heterocycles. The smallest absolute Gasteiger partial charge is 0.193 e. The average molecular weight is 527 g/mol. The van der Waals surface area contributed by atoms with Crippen LogP contribution < -0.4 is 5.32 Å². The van der Waals surface area contributed by atoms with Crippen molar-refractivity contribution in [3.8, 4) is 0 Å². The number of hydrogen-bond acceptors (Lipinski definition) is 5. The van der Waals surface area contributed by atoms with Crippen molar-refractivity contribution in [2.45, 2.75) is 37.6 Å². The Hall–Kier alpha value is 0.230. The molecule has 0 bridgehead atoms. The first-order valence-corrected chi connectivity index (χ1v) is 11.8. The predicted octanol–water partition coefficient (Wildman–Crippen LogP) is 2.53. The number of aliphatic imine (C=N–C) groups is 1. The highest BCUT2D eigenvalue weighted by Gasteiger charge is 2.40. The molecule has 6 nitrogen and oxygen atoms in total. The van der Waals surface area contributed by atoms with Crippen LogP contribution in [-0.4, -0.2) is 99.5 Å². The van der Waals surface area contributed by atoms with Crippen LogP contribution in [0.3, 0.4) is 0 Å². The summed E-state index contributed by atoms with van der Waals surface area (Å²) >= 11 is 2.10. The molecule has 0 aromatic heterocycles. The van der Waals surface area contributed by atoms with E-state index in [1.54, 1.807) is 7.11 Å². The van der Waals surface area contributed by atoms with Gasteiger partial charge in [-0.15, -0.1) is 24.0 Å². The van der Waals surface area contributed by atoms with Gasteiger partial charge in [0.25, 0.3) is 0 Å². The van der Waals surface area contributed by atoms with Gasteiger partial charge in [-0.25, -0.2) is 0 Å². The van der Waals surface area contributed by atoms with Gasteiger partial charge in [-0.05, 0) is 19.3 Å². The largest absolute Gasteiger partial charge is 0.382 e. The minimum Gasteiger partial charge on any atom is -0.382 e. The summed E-state index contributed by atoms with van der Waals surface area (Å²) in [6.45, 7) is 7.84. The second-order valence-corrected chi connectivity index (χ2v) is 9.32. The highest BCUT2D eigenvalue weighted by atomic mass is 127. The Balaban J connectivity index is 0.00000280. The molecule has 0 spiro atoms. The van der Waals surface area contributed by atoms with Crippen LogP contribution in [0.15, 0.2) is 4.99 Å². The third-order valence-electron chi connectivity index (χ3n) is 6.37. The van der Waals surface area contributed by atoms with E-state index in [-0.39, 0.29) is 24.0 Å².